The van der Waals surface area contributed by atoms with Crippen molar-refractivity contribution < 1.29 is 0 Å². The van der Waals surface area contributed by atoms with Crippen molar-refractivity contribution in [3.8, 4) is 0 Å². The molecule has 3 N–H and O–H groups in total. The highest BCUT2D eigenvalue weighted by Crippen LogP contribution is 2.26. The molecule has 0 atom stereocenters. The van der Waals surface area contributed by atoms with E-state index in [9.17, 15) is 0 Å². The predicted molar refractivity (Wildman–Crippen MR) is 73.0 cm³/mol. The summed E-state index contributed by atoms with van der Waals surface area (Å²) in [4.78, 5) is 9.03. The number of halogens is 1. The van der Waals surface area contributed by atoms with E-state index in [-0.39, 0.29) is 5.15 Å². The molecule has 1 aromatic carbocycles. The lowest BCUT2D eigenvalue weighted by Gasteiger charge is -2.08. The van der Waals surface area contributed by atoms with E-state index >= 15 is 0 Å². The maximum absolute atomic E-state index is 5.81. The van der Waals surface area contributed by atoms with Gasteiger partial charge in [0.25, 0.3) is 0 Å². The van der Waals surface area contributed by atoms with Crippen molar-refractivity contribution in [1.82, 2.24) is 9.97 Å². The molecule has 6 heteroatoms. The number of anilines is 3. The summed E-state index contributed by atoms with van der Waals surface area (Å²) in [6.45, 7) is 0. The smallest absolute Gasteiger partial charge is 0.158 e. The molecule has 1 heterocycles. The van der Waals surface area contributed by atoms with E-state index in [1.54, 1.807) is 11.8 Å². The van der Waals surface area contributed by atoms with Gasteiger partial charge in [0.2, 0.25) is 0 Å². The standard InChI is InChI=1S/C11H11ClN4S/c1-17-8-4-2-7(3-5-8)16-11-9(13)10(12)14-6-15-11/h2-6H,13H2,1H3,(H,14,15,16). The van der Waals surface area contributed by atoms with Gasteiger partial charge < -0.3 is 11.1 Å². The van der Waals surface area contributed by atoms with Crippen LogP contribution >= 0.6 is 23.4 Å². The van der Waals surface area contributed by atoms with Crippen molar-refractivity contribution >= 4 is 40.6 Å². The van der Waals surface area contributed by atoms with Gasteiger partial charge in [0.05, 0.1) is 0 Å². The van der Waals surface area contributed by atoms with Crippen molar-refractivity contribution in [3.63, 3.8) is 0 Å². The summed E-state index contributed by atoms with van der Waals surface area (Å²) >= 11 is 7.50. The Bertz CT molecular complexity index is 515. The lowest BCUT2D eigenvalue weighted by Crippen LogP contribution is -2.00. The third-order valence-corrected chi connectivity index (χ3v) is 3.23. The lowest BCUT2D eigenvalue weighted by atomic mass is 10.3. The minimum Gasteiger partial charge on any atom is -0.393 e. The fraction of sp³-hybridized carbons (Fsp3) is 0.0909. The molecule has 0 aliphatic carbocycles. The summed E-state index contributed by atoms with van der Waals surface area (Å²) in [5.41, 5.74) is 7.02. The molecule has 2 aromatic rings. The number of nitrogens with two attached hydrogens (primary N) is 1. The number of nitrogens with zero attached hydrogens (tertiary/aromatic N) is 2. The first kappa shape index (κ1) is 12.0. The Morgan fingerprint density at radius 2 is 1.94 bits per heavy atom. The molecular weight excluding hydrogens is 256 g/mol. The maximum Gasteiger partial charge on any atom is 0.158 e. The Labute approximate surface area is 109 Å². The Balaban J connectivity index is 2.22. The van der Waals surface area contributed by atoms with E-state index in [1.165, 1.54) is 11.2 Å². The predicted octanol–water partition coefficient (Wildman–Crippen LogP) is 3.18. The van der Waals surface area contributed by atoms with Gasteiger partial charge >= 0.3 is 0 Å². The Morgan fingerprint density at radius 3 is 2.59 bits per heavy atom. The molecule has 0 radical (unpaired) electrons. The van der Waals surface area contributed by atoms with Crippen LogP contribution in [0.3, 0.4) is 0 Å². The van der Waals surface area contributed by atoms with Crippen molar-refractivity contribution in [2.24, 2.45) is 0 Å². The Morgan fingerprint density at radius 1 is 1.24 bits per heavy atom. The second-order valence-corrected chi connectivity index (χ2v) is 4.52. The number of benzene rings is 1. The highest BCUT2D eigenvalue weighted by molar-refractivity contribution is 7.98. The Hall–Kier alpha value is -1.46. The van der Waals surface area contributed by atoms with Gasteiger partial charge in [-0.1, -0.05) is 11.6 Å². The van der Waals surface area contributed by atoms with E-state index in [0.29, 0.717) is 11.5 Å². The first-order valence-electron chi connectivity index (χ1n) is 4.88. The highest BCUT2D eigenvalue weighted by atomic mass is 35.5. The van der Waals surface area contributed by atoms with Gasteiger partial charge in [-0.2, -0.15) is 0 Å². The van der Waals surface area contributed by atoms with E-state index in [1.807, 2.05) is 30.5 Å². The van der Waals surface area contributed by atoms with Crippen molar-refractivity contribution in [3.05, 3.63) is 35.7 Å². The summed E-state index contributed by atoms with van der Waals surface area (Å²) in [5.74, 6) is 0.516. The van der Waals surface area contributed by atoms with Gasteiger partial charge in [-0.3, -0.25) is 0 Å². The summed E-state index contributed by atoms with van der Waals surface area (Å²) in [6.07, 6.45) is 3.40. The largest absolute Gasteiger partial charge is 0.393 e. The van der Waals surface area contributed by atoms with Gasteiger partial charge in [0.15, 0.2) is 11.0 Å². The first-order chi connectivity index (χ1) is 8.20. The summed E-state index contributed by atoms with van der Waals surface area (Å²) in [5, 5.41) is 3.35. The number of rotatable bonds is 3. The average molecular weight is 267 g/mol. The Kier molecular flexibility index (Phi) is 3.71. The molecule has 4 nitrogen and oxygen atoms in total. The van der Waals surface area contributed by atoms with Crippen LogP contribution in [0.25, 0.3) is 0 Å². The number of nitrogen functional groups attached to an aromatic ring is 1. The molecule has 0 aliphatic rings. The molecule has 0 spiro atoms. The average Bonchev–Trinajstić information content (AvgIpc) is 2.36. The molecule has 0 amide bonds. The van der Waals surface area contributed by atoms with Crippen LogP contribution in [-0.2, 0) is 0 Å². The van der Waals surface area contributed by atoms with E-state index in [2.05, 4.69) is 15.3 Å². The summed E-state index contributed by atoms with van der Waals surface area (Å²) in [6, 6.07) is 7.96. The maximum atomic E-state index is 5.81. The van der Waals surface area contributed by atoms with Crippen molar-refractivity contribution in [1.29, 1.82) is 0 Å². The van der Waals surface area contributed by atoms with Crippen LogP contribution in [0.2, 0.25) is 5.15 Å². The van der Waals surface area contributed by atoms with Gasteiger partial charge in [-0.05, 0) is 30.5 Å². The third kappa shape index (κ3) is 2.81. The van der Waals surface area contributed by atoms with Gasteiger partial charge in [0, 0.05) is 10.6 Å². The quantitative estimate of drug-likeness (QED) is 0.660. The minimum atomic E-state index is 0.253. The van der Waals surface area contributed by atoms with Crippen LogP contribution in [-0.4, -0.2) is 16.2 Å². The van der Waals surface area contributed by atoms with Crippen LogP contribution in [0.5, 0.6) is 0 Å². The highest BCUT2D eigenvalue weighted by Gasteiger charge is 2.05. The van der Waals surface area contributed by atoms with Crippen LogP contribution in [0, 0.1) is 0 Å². The molecule has 17 heavy (non-hydrogen) atoms. The normalized spacial score (nSPS) is 10.2. The van der Waals surface area contributed by atoms with Crippen LogP contribution in [0.1, 0.15) is 0 Å². The zero-order chi connectivity index (χ0) is 12.3. The molecule has 0 aliphatic heterocycles. The van der Waals surface area contributed by atoms with E-state index < -0.39 is 0 Å². The monoisotopic (exact) mass is 266 g/mol. The van der Waals surface area contributed by atoms with E-state index in [0.717, 1.165) is 5.69 Å². The SMILES string of the molecule is CSc1ccc(Nc2ncnc(Cl)c2N)cc1. The van der Waals surface area contributed by atoms with Gasteiger partial charge in [0.1, 0.15) is 12.0 Å². The van der Waals surface area contributed by atoms with Crippen LogP contribution in [0.15, 0.2) is 35.5 Å². The van der Waals surface area contributed by atoms with Crippen molar-refractivity contribution in [2.45, 2.75) is 4.90 Å². The zero-order valence-electron chi connectivity index (χ0n) is 9.14. The van der Waals surface area contributed by atoms with Crippen LogP contribution in [0.4, 0.5) is 17.2 Å². The molecule has 88 valence electrons. The minimum absolute atomic E-state index is 0.253. The fourth-order valence-electron chi connectivity index (χ4n) is 1.28. The molecule has 2 rings (SSSR count). The number of thioether (sulfide) groups is 1. The topological polar surface area (TPSA) is 63.8 Å². The third-order valence-electron chi connectivity index (χ3n) is 2.19. The number of aromatic nitrogens is 2. The van der Waals surface area contributed by atoms with E-state index in [4.69, 9.17) is 17.3 Å². The zero-order valence-corrected chi connectivity index (χ0v) is 10.7. The van der Waals surface area contributed by atoms with Crippen LogP contribution < -0.4 is 11.1 Å². The molecular formula is C11H11ClN4S. The molecule has 1 aromatic heterocycles. The first-order valence-corrected chi connectivity index (χ1v) is 6.48. The number of hydrogen-bond acceptors (Lipinski definition) is 5. The van der Waals surface area contributed by atoms with Gasteiger partial charge in [-0.15, -0.1) is 11.8 Å². The summed E-state index contributed by atoms with van der Waals surface area (Å²) < 4.78 is 0. The molecule has 0 unspecified atom stereocenters. The number of nitrogens with one attached hydrogen (secondary N) is 1. The second-order valence-electron chi connectivity index (χ2n) is 3.28. The molecule has 0 saturated carbocycles. The molecule has 0 bridgehead atoms. The summed E-state index contributed by atoms with van der Waals surface area (Å²) in [7, 11) is 0. The number of hydrogen-bond donors (Lipinski definition) is 2. The molecule has 0 saturated heterocycles. The lowest BCUT2D eigenvalue weighted by molar-refractivity contribution is 1.17. The molecule has 0 fully saturated rings. The fourth-order valence-corrected chi connectivity index (χ4v) is 1.83. The van der Waals surface area contributed by atoms with Gasteiger partial charge in [-0.25, -0.2) is 9.97 Å². The second kappa shape index (κ2) is 5.25. The van der Waals surface area contributed by atoms with Crippen molar-refractivity contribution in [2.75, 3.05) is 17.3 Å².